The van der Waals surface area contributed by atoms with Crippen LogP contribution in [0, 0.1) is 17.8 Å². The number of hydrogen-bond donors (Lipinski definition) is 1. The summed E-state index contributed by atoms with van der Waals surface area (Å²) < 4.78 is 5.44. The van der Waals surface area contributed by atoms with Crippen molar-refractivity contribution in [2.45, 2.75) is 51.0 Å². The van der Waals surface area contributed by atoms with Gasteiger partial charge in [0.15, 0.2) is 0 Å². The highest BCUT2D eigenvalue weighted by molar-refractivity contribution is 5.76. The van der Waals surface area contributed by atoms with E-state index in [1.165, 1.54) is 38.5 Å². The van der Waals surface area contributed by atoms with E-state index in [1.54, 1.807) is 0 Å². The fourth-order valence-corrected chi connectivity index (χ4v) is 3.64. The lowest BCUT2D eigenvalue weighted by Gasteiger charge is -2.25. The predicted molar refractivity (Wildman–Crippen MR) is 65.5 cm³/mol. The molecule has 3 fully saturated rings. The molecule has 1 aliphatic heterocycles. The zero-order valence-corrected chi connectivity index (χ0v) is 10.5. The lowest BCUT2D eigenvalue weighted by Crippen LogP contribution is -2.37. The number of esters is 1. The first-order valence-electron chi connectivity index (χ1n) is 7.24. The number of fused-ring (bicyclic) bond motifs is 1. The molecule has 3 unspecified atom stereocenters. The summed E-state index contributed by atoms with van der Waals surface area (Å²) in [5, 5.41) is 3.35. The van der Waals surface area contributed by atoms with Crippen LogP contribution in [0.25, 0.3) is 0 Å². The molecule has 0 aromatic heterocycles. The fourth-order valence-electron chi connectivity index (χ4n) is 3.64. The number of ether oxygens (including phenoxy) is 1. The first-order valence-corrected chi connectivity index (χ1v) is 7.24. The van der Waals surface area contributed by atoms with Gasteiger partial charge in [-0.05, 0) is 43.6 Å². The maximum Gasteiger partial charge on any atom is 0.323 e. The molecule has 1 saturated heterocycles. The molecular formula is C14H23NO2. The van der Waals surface area contributed by atoms with E-state index in [1.807, 2.05) is 0 Å². The number of carbonyl (C=O) groups is 1. The molecule has 2 aliphatic carbocycles. The van der Waals surface area contributed by atoms with Gasteiger partial charge in [0.2, 0.25) is 0 Å². The van der Waals surface area contributed by atoms with Gasteiger partial charge in [-0.25, -0.2) is 0 Å². The Labute approximate surface area is 103 Å². The van der Waals surface area contributed by atoms with E-state index in [0.29, 0.717) is 12.5 Å². The highest BCUT2D eigenvalue weighted by Crippen LogP contribution is 2.38. The Morgan fingerprint density at radius 2 is 2.00 bits per heavy atom. The molecule has 3 nitrogen and oxygen atoms in total. The van der Waals surface area contributed by atoms with Crippen molar-refractivity contribution < 1.29 is 9.53 Å². The number of nitrogens with one attached hydrogen (secondary N) is 1. The molecule has 3 heteroatoms. The van der Waals surface area contributed by atoms with E-state index >= 15 is 0 Å². The second kappa shape index (κ2) is 4.97. The van der Waals surface area contributed by atoms with Crippen LogP contribution in [0.2, 0.25) is 0 Å². The highest BCUT2D eigenvalue weighted by atomic mass is 16.5. The third-order valence-corrected chi connectivity index (χ3v) is 5.00. The van der Waals surface area contributed by atoms with Gasteiger partial charge >= 0.3 is 5.97 Å². The summed E-state index contributed by atoms with van der Waals surface area (Å²) in [6, 6.07) is 0.00360. The van der Waals surface area contributed by atoms with Crippen molar-refractivity contribution in [3.8, 4) is 0 Å². The summed E-state index contributed by atoms with van der Waals surface area (Å²) >= 11 is 0. The van der Waals surface area contributed by atoms with Gasteiger partial charge in [-0.3, -0.25) is 4.79 Å². The maximum absolute atomic E-state index is 12.0. The Hall–Kier alpha value is -0.570. The lowest BCUT2D eigenvalue weighted by atomic mass is 9.83. The average molecular weight is 237 g/mol. The summed E-state index contributed by atoms with van der Waals surface area (Å²) in [5.41, 5.74) is 0. The van der Waals surface area contributed by atoms with E-state index in [9.17, 15) is 4.79 Å². The molecule has 1 N–H and O–H groups in total. The molecule has 3 aliphatic rings. The third-order valence-electron chi connectivity index (χ3n) is 5.00. The zero-order valence-electron chi connectivity index (χ0n) is 10.5. The van der Waals surface area contributed by atoms with Crippen LogP contribution < -0.4 is 5.32 Å². The topological polar surface area (TPSA) is 38.3 Å². The van der Waals surface area contributed by atoms with Crippen molar-refractivity contribution in [3.05, 3.63) is 0 Å². The van der Waals surface area contributed by atoms with Gasteiger partial charge in [0, 0.05) is 0 Å². The van der Waals surface area contributed by atoms with E-state index in [4.69, 9.17) is 4.74 Å². The Bertz CT molecular complexity index is 288. The Kier molecular flexibility index (Phi) is 3.37. The van der Waals surface area contributed by atoms with Crippen LogP contribution in [0.1, 0.15) is 44.9 Å². The first kappa shape index (κ1) is 11.5. The van der Waals surface area contributed by atoms with Gasteiger partial charge in [-0.1, -0.05) is 25.7 Å². The molecule has 3 rings (SSSR count). The van der Waals surface area contributed by atoms with E-state index in [2.05, 4.69) is 5.32 Å². The summed E-state index contributed by atoms with van der Waals surface area (Å²) in [6.45, 7) is 1.66. The second-order valence-corrected chi connectivity index (χ2v) is 5.99. The van der Waals surface area contributed by atoms with Crippen molar-refractivity contribution >= 4 is 5.97 Å². The minimum Gasteiger partial charge on any atom is -0.465 e. The van der Waals surface area contributed by atoms with Crippen molar-refractivity contribution in [1.82, 2.24) is 5.32 Å². The number of hydrogen-bond acceptors (Lipinski definition) is 3. The van der Waals surface area contributed by atoms with Gasteiger partial charge in [-0.2, -0.15) is 0 Å². The SMILES string of the molecule is O=C(OCCC1CCC1)C1NCC2CCCC21. The number of rotatable bonds is 4. The Morgan fingerprint density at radius 1 is 1.18 bits per heavy atom. The van der Waals surface area contributed by atoms with E-state index in [-0.39, 0.29) is 12.0 Å². The second-order valence-electron chi connectivity index (χ2n) is 5.99. The van der Waals surface area contributed by atoms with Gasteiger partial charge in [0.05, 0.1) is 6.61 Å². The zero-order chi connectivity index (χ0) is 11.7. The largest absolute Gasteiger partial charge is 0.465 e. The van der Waals surface area contributed by atoms with Gasteiger partial charge in [0.25, 0.3) is 0 Å². The third kappa shape index (κ3) is 2.35. The molecule has 0 amide bonds. The average Bonchev–Trinajstić information content (AvgIpc) is 2.82. The van der Waals surface area contributed by atoms with E-state index < -0.39 is 0 Å². The quantitative estimate of drug-likeness (QED) is 0.761. The molecule has 0 aromatic rings. The van der Waals surface area contributed by atoms with E-state index in [0.717, 1.165) is 24.8 Å². The smallest absolute Gasteiger partial charge is 0.323 e. The van der Waals surface area contributed by atoms with Gasteiger partial charge in [0.1, 0.15) is 6.04 Å². The molecule has 2 saturated carbocycles. The monoisotopic (exact) mass is 237 g/mol. The minimum atomic E-state index is 0.00360. The predicted octanol–water partition coefficient (Wildman–Crippen LogP) is 2.11. The van der Waals surface area contributed by atoms with Gasteiger partial charge < -0.3 is 10.1 Å². The van der Waals surface area contributed by atoms with Crippen LogP contribution in [-0.2, 0) is 9.53 Å². The minimum absolute atomic E-state index is 0.00360. The molecule has 17 heavy (non-hydrogen) atoms. The summed E-state index contributed by atoms with van der Waals surface area (Å²) in [7, 11) is 0. The van der Waals surface area contributed by atoms with Crippen molar-refractivity contribution in [3.63, 3.8) is 0 Å². The number of carbonyl (C=O) groups excluding carboxylic acids is 1. The van der Waals surface area contributed by atoms with Crippen LogP contribution >= 0.6 is 0 Å². The Balaban J connectivity index is 1.42. The fraction of sp³-hybridized carbons (Fsp3) is 0.929. The molecule has 0 bridgehead atoms. The lowest BCUT2D eigenvalue weighted by molar-refractivity contribution is -0.147. The normalized spacial score (nSPS) is 36.6. The standard InChI is InChI=1S/C14H23NO2/c16-14(17-8-7-10-3-1-4-10)13-12-6-2-5-11(12)9-15-13/h10-13,15H,1-9H2. The van der Waals surface area contributed by atoms with Crippen LogP contribution in [-0.4, -0.2) is 25.2 Å². The van der Waals surface area contributed by atoms with Crippen LogP contribution in [0.5, 0.6) is 0 Å². The molecular weight excluding hydrogens is 214 g/mol. The van der Waals surface area contributed by atoms with Crippen LogP contribution in [0.15, 0.2) is 0 Å². The molecule has 3 atom stereocenters. The van der Waals surface area contributed by atoms with Crippen molar-refractivity contribution in [1.29, 1.82) is 0 Å². The Morgan fingerprint density at radius 3 is 2.76 bits per heavy atom. The summed E-state index contributed by atoms with van der Waals surface area (Å²) in [4.78, 5) is 12.0. The molecule has 0 aromatic carbocycles. The maximum atomic E-state index is 12.0. The van der Waals surface area contributed by atoms with Gasteiger partial charge in [-0.15, -0.1) is 0 Å². The molecule has 96 valence electrons. The van der Waals surface area contributed by atoms with Crippen LogP contribution in [0.3, 0.4) is 0 Å². The first-order chi connectivity index (χ1) is 8.34. The summed E-state index contributed by atoms with van der Waals surface area (Å²) in [6.07, 6.45) is 8.92. The highest BCUT2D eigenvalue weighted by Gasteiger charge is 2.43. The van der Waals surface area contributed by atoms with Crippen molar-refractivity contribution in [2.24, 2.45) is 17.8 Å². The summed E-state index contributed by atoms with van der Waals surface area (Å²) in [5.74, 6) is 2.14. The van der Waals surface area contributed by atoms with Crippen molar-refractivity contribution in [2.75, 3.05) is 13.2 Å². The molecule has 1 heterocycles. The van der Waals surface area contributed by atoms with Crippen LogP contribution in [0.4, 0.5) is 0 Å². The molecule has 0 spiro atoms. The molecule has 0 radical (unpaired) electrons.